The molecule has 3 N–H and O–H groups in total. The molecule has 0 atom stereocenters. The van der Waals surface area contributed by atoms with Crippen molar-refractivity contribution in [1.82, 2.24) is 14.8 Å². The van der Waals surface area contributed by atoms with Crippen molar-refractivity contribution in [2.45, 2.75) is 13.5 Å². The highest BCUT2D eigenvalue weighted by molar-refractivity contribution is 7.15. The van der Waals surface area contributed by atoms with E-state index in [2.05, 4.69) is 15.6 Å². The molecule has 0 aliphatic rings. The van der Waals surface area contributed by atoms with Gasteiger partial charge in [0.15, 0.2) is 0 Å². The van der Waals surface area contributed by atoms with E-state index in [9.17, 15) is 14.9 Å². The lowest BCUT2D eigenvalue weighted by atomic mass is 10.2. The number of nitrogens with one attached hydrogen (secondary N) is 1. The van der Waals surface area contributed by atoms with E-state index in [1.54, 1.807) is 0 Å². The molecule has 2 aromatic rings. The van der Waals surface area contributed by atoms with Gasteiger partial charge in [-0.25, -0.2) is 5.84 Å². The van der Waals surface area contributed by atoms with Gasteiger partial charge < -0.3 is 4.57 Å². The number of aromatic nitrogens is 3. The first kappa shape index (κ1) is 13.1. The quantitative estimate of drug-likeness (QED) is 0.467. The number of pyridine rings is 1. The minimum Gasteiger partial charge on any atom is -0.302 e. The van der Waals surface area contributed by atoms with Gasteiger partial charge in [-0.1, -0.05) is 11.3 Å². The first-order valence-electron chi connectivity index (χ1n) is 5.15. The van der Waals surface area contributed by atoms with Crippen LogP contribution in [0.15, 0.2) is 17.1 Å². The second-order valence-corrected chi connectivity index (χ2v) is 4.77. The summed E-state index contributed by atoms with van der Waals surface area (Å²) in [6.07, 6.45) is 1.20. The zero-order valence-electron chi connectivity index (χ0n) is 9.86. The summed E-state index contributed by atoms with van der Waals surface area (Å²) >= 11 is 1.17. The molecule has 2 heterocycles. The smallest absolute Gasteiger partial charge is 0.288 e. The van der Waals surface area contributed by atoms with Crippen LogP contribution in [0.4, 0.5) is 10.8 Å². The molecule has 0 bridgehead atoms. The number of anilines is 1. The Morgan fingerprint density at radius 2 is 2.32 bits per heavy atom. The van der Waals surface area contributed by atoms with Crippen molar-refractivity contribution in [1.29, 1.82) is 0 Å². The number of hydrazine groups is 1. The molecule has 0 spiro atoms. The fraction of sp³-hybridized carbons (Fsp3) is 0.222. The van der Waals surface area contributed by atoms with E-state index < -0.39 is 4.92 Å². The number of nitrogens with two attached hydrogens (primary N) is 1. The normalized spacial score (nSPS) is 10.4. The molecule has 0 saturated heterocycles. The summed E-state index contributed by atoms with van der Waals surface area (Å²) in [6, 6.07) is 1.22. The van der Waals surface area contributed by atoms with Crippen LogP contribution in [0.25, 0.3) is 0 Å². The molecular formula is C9H10N6O3S. The first-order chi connectivity index (χ1) is 9.01. The molecule has 0 radical (unpaired) electrons. The van der Waals surface area contributed by atoms with Gasteiger partial charge in [0.2, 0.25) is 5.13 Å². The molecule has 10 heteroatoms. The Kier molecular flexibility index (Phi) is 3.53. The van der Waals surface area contributed by atoms with Crippen molar-refractivity contribution < 1.29 is 4.92 Å². The number of nitro groups is 1. The van der Waals surface area contributed by atoms with Crippen LogP contribution in [-0.4, -0.2) is 19.7 Å². The second kappa shape index (κ2) is 5.12. The molecule has 2 aromatic heterocycles. The van der Waals surface area contributed by atoms with Crippen molar-refractivity contribution in [3.63, 3.8) is 0 Å². The van der Waals surface area contributed by atoms with E-state index >= 15 is 0 Å². The molecule has 0 aliphatic heterocycles. The molecule has 0 saturated carbocycles. The van der Waals surface area contributed by atoms with E-state index in [0.29, 0.717) is 15.7 Å². The maximum Gasteiger partial charge on any atom is 0.288 e. The van der Waals surface area contributed by atoms with Gasteiger partial charge in [-0.2, -0.15) is 0 Å². The zero-order chi connectivity index (χ0) is 14.0. The minimum atomic E-state index is -0.530. The van der Waals surface area contributed by atoms with E-state index in [4.69, 9.17) is 5.84 Å². The minimum absolute atomic E-state index is 0.110. The summed E-state index contributed by atoms with van der Waals surface area (Å²) in [6.45, 7) is 1.63. The zero-order valence-corrected chi connectivity index (χ0v) is 10.7. The molecule has 0 amide bonds. The third kappa shape index (κ3) is 2.74. The lowest BCUT2D eigenvalue weighted by Crippen LogP contribution is -2.20. The highest BCUT2D eigenvalue weighted by atomic mass is 32.1. The summed E-state index contributed by atoms with van der Waals surface area (Å²) in [5, 5.41) is 19.3. The van der Waals surface area contributed by atoms with Gasteiger partial charge in [0.25, 0.3) is 11.2 Å². The summed E-state index contributed by atoms with van der Waals surface area (Å²) in [4.78, 5) is 22.0. The lowest BCUT2D eigenvalue weighted by Gasteiger charge is -2.03. The predicted molar refractivity (Wildman–Crippen MR) is 68.9 cm³/mol. The van der Waals surface area contributed by atoms with Crippen LogP contribution in [0.3, 0.4) is 0 Å². The van der Waals surface area contributed by atoms with Crippen LogP contribution in [0.2, 0.25) is 0 Å². The number of hydrogen-bond acceptors (Lipinski definition) is 8. The lowest BCUT2D eigenvalue weighted by molar-refractivity contribution is -0.385. The number of hydrogen-bond donors (Lipinski definition) is 2. The Morgan fingerprint density at radius 3 is 2.89 bits per heavy atom. The molecule has 0 aromatic carbocycles. The number of nitrogens with zero attached hydrogens (tertiary/aromatic N) is 4. The average Bonchev–Trinajstić information content (AvgIpc) is 2.80. The Balaban J connectivity index is 2.37. The van der Waals surface area contributed by atoms with Crippen LogP contribution in [0.1, 0.15) is 10.6 Å². The largest absolute Gasteiger partial charge is 0.302 e. The van der Waals surface area contributed by atoms with Crippen molar-refractivity contribution >= 4 is 22.2 Å². The van der Waals surface area contributed by atoms with Gasteiger partial charge in [-0.05, 0) is 6.92 Å². The van der Waals surface area contributed by atoms with E-state index in [0.717, 1.165) is 0 Å². The van der Waals surface area contributed by atoms with E-state index in [1.807, 2.05) is 0 Å². The predicted octanol–water partition coefficient (Wildman–Crippen LogP) is 0.250. The molecule has 9 nitrogen and oxygen atoms in total. The van der Waals surface area contributed by atoms with Crippen molar-refractivity contribution in [2.24, 2.45) is 5.84 Å². The maximum atomic E-state index is 11.8. The first-order valence-corrected chi connectivity index (χ1v) is 5.97. The second-order valence-electron chi connectivity index (χ2n) is 3.71. The van der Waals surface area contributed by atoms with Gasteiger partial charge in [0.1, 0.15) is 5.01 Å². The Morgan fingerprint density at radius 1 is 1.58 bits per heavy atom. The molecule has 0 unspecified atom stereocenters. The van der Waals surface area contributed by atoms with Gasteiger partial charge in [0, 0.05) is 11.6 Å². The summed E-state index contributed by atoms with van der Waals surface area (Å²) in [5.41, 5.74) is 2.22. The summed E-state index contributed by atoms with van der Waals surface area (Å²) in [7, 11) is 0. The Bertz CT molecular complexity index is 679. The molecular weight excluding hydrogens is 272 g/mol. The summed E-state index contributed by atoms with van der Waals surface area (Å²) < 4.78 is 1.21. The van der Waals surface area contributed by atoms with Gasteiger partial charge >= 0.3 is 0 Å². The average molecular weight is 282 g/mol. The SMILES string of the molecule is Cc1cc(=O)n(Cc2nnc(NN)s2)cc1[N+](=O)[O-]. The number of aryl methyl sites for hydroxylation is 1. The third-order valence-electron chi connectivity index (χ3n) is 2.40. The monoisotopic (exact) mass is 282 g/mol. The van der Waals surface area contributed by atoms with Gasteiger partial charge in [0.05, 0.1) is 17.7 Å². The van der Waals surface area contributed by atoms with Crippen LogP contribution >= 0.6 is 11.3 Å². The molecule has 2 rings (SSSR count). The Labute approximate surface area is 110 Å². The van der Waals surface area contributed by atoms with E-state index in [1.165, 1.54) is 35.1 Å². The molecule has 0 aliphatic carbocycles. The molecule has 0 fully saturated rings. The highest BCUT2D eigenvalue weighted by Gasteiger charge is 2.14. The van der Waals surface area contributed by atoms with Crippen molar-refractivity contribution in [3.8, 4) is 0 Å². The topological polar surface area (TPSA) is 129 Å². The standard InChI is InChI=1S/C9H10N6O3S/c1-5-2-8(16)14(3-6(5)15(17)18)4-7-12-13-9(11-10)19-7/h2-3H,4,10H2,1H3,(H,11,13). The number of rotatable bonds is 4. The van der Waals surface area contributed by atoms with Crippen LogP contribution < -0.4 is 16.8 Å². The van der Waals surface area contributed by atoms with Crippen molar-refractivity contribution in [2.75, 3.05) is 5.43 Å². The van der Waals surface area contributed by atoms with Crippen LogP contribution in [0.5, 0.6) is 0 Å². The fourth-order valence-corrected chi connectivity index (χ4v) is 2.14. The van der Waals surface area contributed by atoms with Crippen LogP contribution in [-0.2, 0) is 6.54 Å². The summed E-state index contributed by atoms with van der Waals surface area (Å²) in [5.74, 6) is 5.17. The van der Waals surface area contributed by atoms with Gasteiger partial charge in [-0.3, -0.25) is 20.3 Å². The van der Waals surface area contributed by atoms with Crippen LogP contribution in [0, 0.1) is 17.0 Å². The van der Waals surface area contributed by atoms with E-state index in [-0.39, 0.29) is 17.8 Å². The van der Waals surface area contributed by atoms with Gasteiger partial charge in [-0.15, -0.1) is 10.2 Å². The Hall–Kier alpha value is -2.33. The highest BCUT2D eigenvalue weighted by Crippen LogP contribution is 2.17. The maximum absolute atomic E-state index is 11.8. The fourth-order valence-electron chi connectivity index (χ4n) is 1.49. The number of nitrogen functional groups attached to an aromatic ring is 1. The molecule has 100 valence electrons. The van der Waals surface area contributed by atoms with Crippen molar-refractivity contribution in [3.05, 3.63) is 43.3 Å². The third-order valence-corrected chi connectivity index (χ3v) is 3.24. The molecule has 19 heavy (non-hydrogen) atoms.